The molecule has 0 radical (unpaired) electrons. The lowest BCUT2D eigenvalue weighted by atomic mass is 9.96. The number of pyridine rings is 1. The van der Waals surface area contributed by atoms with Gasteiger partial charge in [0.2, 0.25) is 0 Å². The molecule has 2 aromatic rings. The van der Waals surface area contributed by atoms with Crippen LogP contribution in [0.1, 0.15) is 19.4 Å². The van der Waals surface area contributed by atoms with Crippen molar-refractivity contribution in [3.05, 3.63) is 40.0 Å². The van der Waals surface area contributed by atoms with E-state index in [9.17, 15) is 5.11 Å². The number of rotatable bonds is 1. The van der Waals surface area contributed by atoms with Crippen molar-refractivity contribution in [1.29, 1.82) is 0 Å². The van der Waals surface area contributed by atoms with Crippen LogP contribution in [0.2, 0.25) is 10.2 Å². The minimum absolute atomic E-state index is 0.430. The van der Waals surface area contributed by atoms with Crippen LogP contribution in [-0.4, -0.2) is 10.1 Å². The predicted molar refractivity (Wildman–Crippen MR) is 67.0 cm³/mol. The first kappa shape index (κ1) is 11.6. The zero-order chi connectivity index (χ0) is 11.9. The highest BCUT2D eigenvalue weighted by molar-refractivity contribution is 6.36. The number of aliphatic hydroxyl groups is 1. The molecule has 4 heteroatoms. The van der Waals surface area contributed by atoms with E-state index in [1.807, 2.05) is 6.07 Å². The minimum atomic E-state index is -0.967. The van der Waals surface area contributed by atoms with E-state index in [0.717, 1.165) is 10.9 Å². The van der Waals surface area contributed by atoms with Gasteiger partial charge in [-0.25, -0.2) is 4.98 Å². The molecule has 0 atom stereocenters. The van der Waals surface area contributed by atoms with Gasteiger partial charge in [0.05, 0.1) is 16.1 Å². The van der Waals surface area contributed by atoms with Crippen molar-refractivity contribution in [1.82, 2.24) is 4.98 Å². The summed E-state index contributed by atoms with van der Waals surface area (Å²) in [6, 6.07) is 7.07. The molecule has 1 heterocycles. The quantitative estimate of drug-likeness (QED) is 0.788. The van der Waals surface area contributed by atoms with Gasteiger partial charge in [0.15, 0.2) is 0 Å². The van der Waals surface area contributed by atoms with Crippen LogP contribution in [0.3, 0.4) is 0 Å². The third-order valence-corrected chi connectivity index (χ3v) is 3.05. The van der Waals surface area contributed by atoms with Crippen molar-refractivity contribution < 1.29 is 5.11 Å². The van der Waals surface area contributed by atoms with Gasteiger partial charge in [-0.15, -0.1) is 0 Å². The van der Waals surface area contributed by atoms with Crippen LogP contribution >= 0.6 is 23.2 Å². The highest BCUT2D eigenvalue weighted by atomic mass is 35.5. The van der Waals surface area contributed by atoms with E-state index >= 15 is 0 Å². The highest BCUT2D eigenvalue weighted by Crippen LogP contribution is 2.33. The molecule has 1 N–H and O–H groups in total. The van der Waals surface area contributed by atoms with Crippen LogP contribution in [-0.2, 0) is 5.60 Å². The average Bonchev–Trinajstić information content (AvgIpc) is 2.15. The second-order valence-corrected chi connectivity index (χ2v) is 4.95. The maximum Gasteiger partial charge on any atom is 0.129 e. The van der Waals surface area contributed by atoms with E-state index in [1.54, 1.807) is 32.0 Å². The molecule has 0 saturated carbocycles. The number of hydrogen-bond acceptors (Lipinski definition) is 2. The standard InChI is InChI=1S/C12H11Cl2NO/c1-12(2,16)8-4-5-9-7(11(8)14)3-6-10(13)15-9/h3-6,16H,1-2H3. The predicted octanol–water partition coefficient (Wildman–Crippen LogP) is 3.77. The second-order valence-electron chi connectivity index (χ2n) is 4.19. The number of aromatic nitrogens is 1. The Morgan fingerprint density at radius 1 is 1.12 bits per heavy atom. The Morgan fingerprint density at radius 2 is 1.81 bits per heavy atom. The van der Waals surface area contributed by atoms with Crippen molar-refractivity contribution in [3.8, 4) is 0 Å². The summed E-state index contributed by atoms with van der Waals surface area (Å²) < 4.78 is 0. The Kier molecular flexibility index (Phi) is 2.82. The van der Waals surface area contributed by atoms with Crippen molar-refractivity contribution in [2.45, 2.75) is 19.4 Å². The molecule has 0 aliphatic carbocycles. The summed E-state index contributed by atoms with van der Waals surface area (Å²) in [5.74, 6) is 0. The number of nitrogens with zero attached hydrogens (tertiary/aromatic N) is 1. The Hall–Kier alpha value is -0.830. The molecule has 16 heavy (non-hydrogen) atoms. The molecule has 1 aromatic carbocycles. The van der Waals surface area contributed by atoms with Crippen LogP contribution in [0.25, 0.3) is 10.9 Å². The fourth-order valence-corrected chi connectivity index (χ4v) is 2.22. The summed E-state index contributed by atoms with van der Waals surface area (Å²) in [4.78, 5) is 4.16. The van der Waals surface area contributed by atoms with Gasteiger partial charge in [0, 0.05) is 10.9 Å². The number of hydrogen-bond donors (Lipinski definition) is 1. The molecule has 0 spiro atoms. The molecular weight excluding hydrogens is 245 g/mol. The summed E-state index contributed by atoms with van der Waals surface area (Å²) in [5.41, 5.74) is 0.446. The first-order chi connectivity index (χ1) is 7.39. The van der Waals surface area contributed by atoms with E-state index in [1.165, 1.54) is 0 Å². The maximum atomic E-state index is 9.95. The largest absolute Gasteiger partial charge is 0.386 e. The van der Waals surface area contributed by atoms with Gasteiger partial charge in [-0.1, -0.05) is 29.3 Å². The van der Waals surface area contributed by atoms with Crippen LogP contribution < -0.4 is 0 Å². The molecule has 0 amide bonds. The van der Waals surface area contributed by atoms with E-state index in [4.69, 9.17) is 23.2 Å². The van der Waals surface area contributed by atoms with Gasteiger partial charge in [-0.3, -0.25) is 0 Å². The van der Waals surface area contributed by atoms with Gasteiger partial charge >= 0.3 is 0 Å². The van der Waals surface area contributed by atoms with Gasteiger partial charge < -0.3 is 5.11 Å². The third-order valence-electron chi connectivity index (χ3n) is 2.43. The van der Waals surface area contributed by atoms with E-state index < -0.39 is 5.60 Å². The van der Waals surface area contributed by atoms with Crippen molar-refractivity contribution in [3.63, 3.8) is 0 Å². The summed E-state index contributed by atoms with van der Waals surface area (Å²) in [7, 11) is 0. The molecule has 0 fully saturated rings. The Balaban J connectivity index is 2.75. The van der Waals surface area contributed by atoms with Crippen molar-refractivity contribution in [2.24, 2.45) is 0 Å². The lowest BCUT2D eigenvalue weighted by molar-refractivity contribution is 0.0788. The first-order valence-electron chi connectivity index (χ1n) is 4.87. The highest BCUT2D eigenvalue weighted by Gasteiger charge is 2.20. The molecule has 1 aromatic heterocycles. The fraction of sp³-hybridized carbons (Fsp3) is 0.250. The van der Waals surface area contributed by atoms with Crippen LogP contribution in [0, 0.1) is 0 Å². The van der Waals surface area contributed by atoms with Gasteiger partial charge in [0.25, 0.3) is 0 Å². The SMILES string of the molecule is CC(C)(O)c1ccc2nc(Cl)ccc2c1Cl. The normalized spacial score (nSPS) is 12.1. The Bertz CT molecular complexity index is 546. The summed E-state index contributed by atoms with van der Waals surface area (Å²) in [6.07, 6.45) is 0. The molecule has 2 rings (SSSR count). The van der Waals surface area contributed by atoms with Gasteiger partial charge in [-0.2, -0.15) is 0 Å². The third kappa shape index (κ3) is 2.01. The molecule has 0 saturated heterocycles. The summed E-state index contributed by atoms with van der Waals surface area (Å²) >= 11 is 12.0. The van der Waals surface area contributed by atoms with E-state index in [2.05, 4.69) is 4.98 Å². The zero-order valence-corrected chi connectivity index (χ0v) is 10.5. The summed E-state index contributed by atoms with van der Waals surface area (Å²) in [5, 5.41) is 11.7. The molecular formula is C12H11Cl2NO. The second kappa shape index (κ2) is 3.88. The molecule has 0 unspecified atom stereocenters. The van der Waals surface area contributed by atoms with Crippen LogP contribution in [0.15, 0.2) is 24.3 Å². The number of benzene rings is 1. The zero-order valence-electron chi connectivity index (χ0n) is 8.96. The Labute approximate surface area is 104 Å². The average molecular weight is 256 g/mol. The first-order valence-corrected chi connectivity index (χ1v) is 5.63. The van der Waals surface area contributed by atoms with Gasteiger partial charge in [-0.05, 0) is 32.0 Å². The molecule has 0 aliphatic heterocycles. The van der Waals surface area contributed by atoms with Crippen molar-refractivity contribution in [2.75, 3.05) is 0 Å². The lowest BCUT2D eigenvalue weighted by Gasteiger charge is -2.20. The monoisotopic (exact) mass is 255 g/mol. The summed E-state index contributed by atoms with van der Waals surface area (Å²) in [6.45, 7) is 3.40. The maximum absolute atomic E-state index is 9.95. The van der Waals surface area contributed by atoms with E-state index in [0.29, 0.717) is 15.7 Å². The molecule has 2 nitrogen and oxygen atoms in total. The topological polar surface area (TPSA) is 33.1 Å². The fourth-order valence-electron chi connectivity index (χ4n) is 1.62. The van der Waals surface area contributed by atoms with Crippen LogP contribution in [0.4, 0.5) is 0 Å². The molecule has 0 aliphatic rings. The van der Waals surface area contributed by atoms with Crippen LogP contribution in [0.5, 0.6) is 0 Å². The Morgan fingerprint density at radius 3 is 2.44 bits per heavy atom. The minimum Gasteiger partial charge on any atom is -0.386 e. The van der Waals surface area contributed by atoms with E-state index in [-0.39, 0.29) is 0 Å². The smallest absolute Gasteiger partial charge is 0.129 e. The number of fused-ring (bicyclic) bond motifs is 1. The van der Waals surface area contributed by atoms with Gasteiger partial charge in [0.1, 0.15) is 5.15 Å². The molecule has 0 bridgehead atoms. The number of halogens is 2. The van der Waals surface area contributed by atoms with Crippen molar-refractivity contribution >= 4 is 34.1 Å². The lowest BCUT2D eigenvalue weighted by Crippen LogP contribution is -2.16. The molecule has 84 valence electrons.